The van der Waals surface area contributed by atoms with Crippen LogP contribution in [0.2, 0.25) is 5.02 Å². The molecule has 0 aliphatic rings. The van der Waals surface area contributed by atoms with E-state index in [1.165, 1.54) is 0 Å². The Morgan fingerprint density at radius 1 is 1.29 bits per heavy atom. The maximum absolute atomic E-state index is 13.0. The minimum atomic E-state index is -4.74. The number of alkyl halides is 3. The van der Waals surface area contributed by atoms with Crippen molar-refractivity contribution in [3.05, 3.63) is 28.5 Å². The van der Waals surface area contributed by atoms with Crippen molar-refractivity contribution in [3.8, 4) is 5.75 Å². The summed E-state index contributed by atoms with van der Waals surface area (Å²) in [7, 11) is 0. The summed E-state index contributed by atoms with van der Waals surface area (Å²) in [6, 6.07) is 1.80. The first-order chi connectivity index (χ1) is 7.88. The van der Waals surface area contributed by atoms with Gasteiger partial charge in [0.1, 0.15) is 17.1 Å². The Morgan fingerprint density at radius 3 is 2.47 bits per heavy atom. The Balaban J connectivity index is 3.08. The Labute approximate surface area is 101 Å². The lowest BCUT2D eigenvalue weighted by Crippen LogP contribution is -2.11. The molecule has 0 aliphatic carbocycles. The monoisotopic (exact) mass is 270 g/mol. The zero-order chi connectivity index (χ0) is 13.1. The summed E-state index contributed by atoms with van der Waals surface area (Å²) < 4.78 is 56.0. The molecule has 0 saturated carbocycles. The van der Waals surface area contributed by atoms with Gasteiger partial charge in [-0.25, -0.2) is 4.39 Å². The SMILES string of the molecule is CCCCOc1ccc(F)c(Cl)c1C(F)(F)F. The highest BCUT2D eigenvalue weighted by Gasteiger charge is 2.38. The van der Waals surface area contributed by atoms with Gasteiger partial charge in [-0.05, 0) is 18.6 Å². The molecular weight excluding hydrogens is 260 g/mol. The highest BCUT2D eigenvalue weighted by atomic mass is 35.5. The third kappa shape index (κ3) is 3.49. The fourth-order valence-corrected chi connectivity index (χ4v) is 1.51. The number of ether oxygens (including phenoxy) is 1. The molecule has 0 bridgehead atoms. The highest BCUT2D eigenvalue weighted by Crippen LogP contribution is 2.42. The quantitative estimate of drug-likeness (QED) is 0.570. The summed E-state index contributed by atoms with van der Waals surface area (Å²) in [6.07, 6.45) is -3.33. The van der Waals surface area contributed by atoms with Crippen LogP contribution in [0.1, 0.15) is 25.3 Å². The molecule has 1 aromatic rings. The number of halogens is 5. The summed E-state index contributed by atoms with van der Waals surface area (Å²) in [5.74, 6) is -1.54. The second kappa shape index (κ2) is 5.58. The maximum atomic E-state index is 13.0. The van der Waals surface area contributed by atoms with Gasteiger partial charge in [-0.1, -0.05) is 24.9 Å². The number of benzene rings is 1. The number of hydrogen-bond acceptors (Lipinski definition) is 1. The van der Waals surface area contributed by atoms with Crippen molar-refractivity contribution >= 4 is 11.6 Å². The number of hydrogen-bond donors (Lipinski definition) is 0. The molecule has 96 valence electrons. The zero-order valence-corrected chi connectivity index (χ0v) is 9.83. The first-order valence-corrected chi connectivity index (χ1v) is 5.43. The Morgan fingerprint density at radius 2 is 1.94 bits per heavy atom. The van der Waals surface area contributed by atoms with Gasteiger partial charge in [0, 0.05) is 0 Å². The van der Waals surface area contributed by atoms with Crippen LogP contribution in [0.4, 0.5) is 17.6 Å². The molecule has 17 heavy (non-hydrogen) atoms. The molecule has 1 nitrogen and oxygen atoms in total. The van der Waals surface area contributed by atoms with Crippen molar-refractivity contribution in [1.82, 2.24) is 0 Å². The topological polar surface area (TPSA) is 9.23 Å². The van der Waals surface area contributed by atoms with E-state index in [0.717, 1.165) is 18.6 Å². The van der Waals surface area contributed by atoms with Crippen LogP contribution in [0, 0.1) is 5.82 Å². The average Bonchev–Trinajstić information content (AvgIpc) is 2.22. The van der Waals surface area contributed by atoms with Gasteiger partial charge >= 0.3 is 6.18 Å². The third-order valence-electron chi connectivity index (χ3n) is 2.10. The summed E-state index contributed by atoms with van der Waals surface area (Å²) in [5, 5.41) is -0.952. The second-order valence-electron chi connectivity index (χ2n) is 3.43. The number of unbranched alkanes of at least 4 members (excludes halogenated alkanes) is 1. The molecule has 0 aromatic heterocycles. The van der Waals surface area contributed by atoms with E-state index >= 15 is 0 Å². The van der Waals surface area contributed by atoms with Crippen molar-refractivity contribution < 1.29 is 22.3 Å². The van der Waals surface area contributed by atoms with Crippen LogP contribution in [-0.4, -0.2) is 6.61 Å². The molecule has 0 N–H and O–H groups in total. The molecule has 1 aromatic carbocycles. The van der Waals surface area contributed by atoms with E-state index in [0.29, 0.717) is 6.42 Å². The summed E-state index contributed by atoms with van der Waals surface area (Å²) >= 11 is 5.32. The molecule has 0 unspecified atom stereocenters. The summed E-state index contributed by atoms with van der Waals surface area (Å²) in [4.78, 5) is 0. The predicted octanol–water partition coefficient (Wildman–Crippen LogP) is 4.68. The van der Waals surface area contributed by atoms with E-state index in [-0.39, 0.29) is 6.61 Å². The van der Waals surface area contributed by atoms with Crippen molar-refractivity contribution in [2.45, 2.75) is 25.9 Å². The van der Waals surface area contributed by atoms with Crippen molar-refractivity contribution in [2.24, 2.45) is 0 Å². The fourth-order valence-electron chi connectivity index (χ4n) is 1.24. The second-order valence-corrected chi connectivity index (χ2v) is 3.81. The zero-order valence-electron chi connectivity index (χ0n) is 9.07. The van der Waals surface area contributed by atoms with E-state index in [9.17, 15) is 17.6 Å². The van der Waals surface area contributed by atoms with Crippen LogP contribution < -0.4 is 4.74 Å². The molecule has 6 heteroatoms. The van der Waals surface area contributed by atoms with Crippen molar-refractivity contribution in [3.63, 3.8) is 0 Å². The molecule has 0 radical (unpaired) electrons. The Hall–Kier alpha value is -0.970. The largest absolute Gasteiger partial charge is 0.493 e. The van der Waals surface area contributed by atoms with Crippen LogP contribution in [0.5, 0.6) is 5.75 Å². The fraction of sp³-hybridized carbons (Fsp3) is 0.455. The first-order valence-electron chi connectivity index (χ1n) is 5.06. The molecule has 0 heterocycles. The van der Waals surface area contributed by atoms with Gasteiger partial charge in [-0.3, -0.25) is 0 Å². The molecular formula is C11H11ClF4O. The summed E-state index contributed by atoms with van der Waals surface area (Å²) in [5.41, 5.74) is -1.25. The Kier molecular flexibility index (Phi) is 4.62. The van der Waals surface area contributed by atoms with Gasteiger partial charge in [0.05, 0.1) is 11.6 Å². The van der Waals surface area contributed by atoms with E-state index in [1.807, 2.05) is 6.92 Å². The van der Waals surface area contributed by atoms with Crippen molar-refractivity contribution in [2.75, 3.05) is 6.61 Å². The van der Waals surface area contributed by atoms with Gasteiger partial charge < -0.3 is 4.74 Å². The van der Waals surface area contributed by atoms with Crippen LogP contribution in [0.3, 0.4) is 0 Å². The lowest BCUT2D eigenvalue weighted by Gasteiger charge is -2.15. The third-order valence-corrected chi connectivity index (χ3v) is 2.47. The normalized spacial score (nSPS) is 11.6. The minimum Gasteiger partial charge on any atom is -0.493 e. The number of rotatable bonds is 4. The Bertz CT molecular complexity index is 390. The van der Waals surface area contributed by atoms with E-state index in [4.69, 9.17) is 16.3 Å². The lowest BCUT2D eigenvalue weighted by atomic mass is 10.2. The van der Waals surface area contributed by atoms with Crippen LogP contribution in [-0.2, 0) is 6.18 Å². The van der Waals surface area contributed by atoms with Crippen molar-refractivity contribution in [1.29, 1.82) is 0 Å². The minimum absolute atomic E-state index is 0.140. The molecule has 0 aliphatic heterocycles. The highest BCUT2D eigenvalue weighted by molar-refractivity contribution is 6.31. The van der Waals surface area contributed by atoms with Gasteiger partial charge in [0.25, 0.3) is 0 Å². The molecule has 0 saturated heterocycles. The van der Waals surface area contributed by atoms with Gasteiger partial charge in [-0.2, -0.15) is 13.2 Å². The van der Waals surface area contributed by atoms with E-state index < -0.39 is 28.3 Å². The first kappa shape index (κ1) is 14.1. The lowest BCUT2D eigenvalue weighted by molar-refractivity contribution is -0.139. The molecule has 0 spiro atoms. The summed E-state index contributed by atoms with van der Waals surface area (Å²) in [6.45, 7) is 2.02. The maximum Gasteiger partial charge on any atom is 0.421 e. The van der Waals surface area contributed by atoms with E-state index in [2.05, 4.69) is 0 Å². The van der Waals surface area contributed by atoms with Gasteiger partial charge in [-0.15, -0.1) is 0 Å². The average molecular weight is 271 g/mol. The molecule has 0 amide bonds. The smallest absolute Gasteiger partial charge is 0.421 e. The van der Waals surface area contributed by atoms with E-state index in [1.54, 1.807) is 0 Å². The van der Waals surface area contributed by atoms with Crippen LogP contribution in [0.15, 0.2) is 12.1 Å². The molecule has 0 atom stereocenters. The molecule has 1 rings (SSSR count). The van der Waals surface area contributed by atoms with Crippen LogP contribution >= 0.6 is 11.6 Å². The van der Waals surface area contributed by atoms with Gasteiger partial charge in [0.2, 0.25) is 0 Å². The van der Waals surface area contributed by atoms with Crippen LogP contribution in [0.25, 0.3) is 0 Å². The predicted molar refractivity (Wildman–Crippen MR) is 56.8 cm³/mol. The molecule has 0 fully saturated rings. The standard InChI is InChI=1S/C11H11ClF4O/c1-2-3-6-17-8-5-4-7(13)10(12)9(8)11(14,15)16/h4-5H,2-3,6H2,1H3. The van der Waals surface area contributed by atoms with Gasteiger partial charge in [0.15, 0.2) is 0 Å².